The van der Waals surface area contributed by atoms with E-state index in [0.29, 0.717) is 34.3 Å². The SMILES string of the molecule is O=S(=O)(C=Cc1cccc(Cl)c1)Nc1cccc(OCc2cn(Cc3cc4ccccc4s3)nn2)c1. The molecule has 0 atom stereocenters. The molecule has 36 heavy (non-hydrogen) atoms. The molecule has 0 unspecified atom stereocenters. The van der Waals surface area contributed by atoms with E-state index in [4.69, 9.17) is 16.3 Å². The van der Waals surface area contributed by atoms with E-state index in [1.165, 1.54) is 21.0 Å². The Hall–Kier alpha value is -3.66. The summed E-state index contributed by atoms with van der Waals surface area (Å²) >= 11 is 7.68. The minimum absolute atomic E-state index is 0.206. The number of hydrogen-bond donors (Lipinski definition) is 1. The lowest BCUT2D eigenvalue weighted by molar-refractivity contribution is 0.301. The third-order valence-corrected chi connectivity index (χ3v) is 7.50. The number of halogens is 1. The second-order valence-electron chi connectivity index (χ2n) is 7.98. The highest BCUT2D eigenvalue weighted by Gasteiger charge is 2.09. The van der Waals surface area contributed by atoms with Gasteiger partial charge in [0.05, 0.1) is 23.8 Å². The van der Waals surface area contributed by atoms with Gasteiger partial charge in [0.25, 0.3) is 10.0 Å². The van der Waals surface area contributed by atoms with Crippen LogP contribution in [0.25, 0.3) is 16.2 Å². The van der Waals surface area contributed by atoms with E-state index >= 15 is 0 Å². The molecule has 0 saturated carbocycles. The van der Waals surface area contributed by atoms with Gasteiger partial charge in [0, 0.05) is 20.7 Å². The van der Waals surface area contributed by atoms with Crippen LogP contribution in [0.2, 0.25) is 5.02 Å². The van der Waals surface area contributed by atoms with E-state index in [9.17, 15) is 8.42 Å². The predicted molar refractivity (Wildman–Crippen MR) is 145 cm³/mol. The molecule has 182 valence electrons. The second-order valence-corrected chi connectivity index (χ2v) is 11.2. The number of nitrogens with zero attached hydrogens (tertiary/aromatic N) is 3. The molecule has 1 N–H and O–H groups in total. The molecule has 0 aliphatic rings. The highest BCUT2D eigenvalue weighted by Crippen LogP contribution is 2.26. The van der Waals surface area contributed by atoms with Gasteiger partial charge < -0.3 is 4.74 Å². The van der Waals surface area contributed by atoms with Crippen LogP contribution in [-0.2, 0) is 23.2 Å². The Morgan fingerprint density at radius 2 is 1.89 bits per heavy atom. The monoisotopic (exact) mass is 536 g/mol. The maximum absolute atomic E-state index is 12.5. The first-order chi connectivity index (χ1) is 17.4. The van der Waals surface area contributed by atoms with Crippen molar-refractivity contribution in [3.63, 3.8) is 0 Å². The van der Waals surface area contributed by atoms with Gasteiger partial charge in [0.15, 0.2) is 0 Å². The van der Waals surface area contributed by atoms with Crippen molar-refractivity contribution in [2.24, 2.45) is 0 Å². The molecule has 2 aromatic heterocycles. The van der Waals surface area contributed by atoms with E-state index in [2.05, 4.69) is 33.2 Å². The molecule has 0 spiro atoms. The van der Waals surface area contributed by atoms with Crippen LogP contribution in [0.15, 0.2) is 90.5 Å². The highest BCUT2D eigenvalue weighted by molar-refractivity contribution is 7.95. The van der Waals surface area contributed by atoms with Crippen molar-refractivity contribution in [1.29, 1.82) is 0 Å². The smallest absolute Gasteiger partial charge is 0.255 e. The molecule has 0 aliphatic heterocycles. The summed E-state index contributed by atoms with van der Waals surface area (Å²) in [5, 5.41) is 11.2. The third-order valence-electron chi connectivity index (χ3n) is 5.15. The van der Waals surface area contributed by atoms with Gasteiger partial charge in [0.1, 0.15) is 18.1 Å². The third kappa shape index (κ3) is 6.31. The first kappa shape index (κ1) is 24.1. The first-order valence-electron chi connectivity index (χ1n) is 11.0. The molecule has 7 nitrogen and oxygen atoms in total. The molecule has 0 radical (unpaired) electrons. The lowest BCUT2D eigenvalue weighted by Gasteiger charge is -2.08. The lowest BCUT2D eigenvalue weighted by Crippen LogP contribution is -2.09. The van der Waals surface area contributed by atoms with E-state index < -0.39 is 10.0 Å². The van der Waals surface area contributed by atoms with Crippen LogP contribution in [-0.4, -0.2) is 23.4 Å². The fourth-order valence-corrected chi connectivity index (χ4v) is 5.65. The number of ether oxygens (including phenoxy) is 1. The summed E-state index contributed by atoms with van der Waals surface area (Å²) in [6.45, 7) is 0.837. The van der Waals surface area contributed by atoms with Crippen LogP contribution in [0, 0.1) is 0 Å². The highest BCUT2D eigenvalue weighted by atomic mass is 35.5. The van der Waals surface area contributed by atoms with Gasteiger partial charge in [-0.15, -0.1) is 16.4 Å². The number of nitrogens with one attached hydrogen (secondary N) is 1. The average Bonchev–Trinajstić information content (AvgIpc) is 3.48. The lowest BCUT2D eigenvalue weighted by atomic mass is 10.2. The number of fused-ring (bicyclic) bond motifs is 1. The normalized spacial score (nSPS) is 11.8. The number of hydrogen-bond acceptors (Lipinski definition) is 6. The Morgan fingerprint density at radius 1 is 1.03 bits per heavy atom. The predicted octanol–water partition coefficient (Wildman–Crippen LogP) is 6.19. The molecule has 2 heterocycles. The van der Waals surface area contributed by atoms with Crippen molar-refractivity contribution in [2.75, 3.05) is 4.72 Å². The zero-order valence-electron chi connectivity index (χ0n) is 18.9. The number of anilines is 1. The Labute approximate surface area is 217 Å². The van der Waals surface area contributed by atoms with Crippen molar-refractivity contribution >= 4 is 54.8 Å². The molecule has 0 fully saturated rings. The molecular formula is C26H21ClN4O3S2. The van der Waals surface area contributed by atoms with Crippen molar-refractivity contribution in [3.05, 3.63) is 112 Å². The summed E-state index contributed by atoms with van der Waals surface area (Å²) < 4.78 is 36.3. The van der Waals surface area contributed by atoms with Gasteiger partial charge >= 0.3 is 0 Å². The summed E-state index contributed by atoms with van der Waals surface area (Å²) in [6, 6.07) is 24.1. The van der Waals surface area contributed by atoms with E-state index in [-0.39, 0.29) is 6.61 Å². The average molecular weight is 537 g/mol. The maximum Gasteiger partial charge on any atom is 0.255 e. The van der Waals surface area contributed by atoms with Crippen LogP contribution in [0.1, 0.15) is 16.1 Å². The van der Waals surface area contributed by atoms with Crippen molar-refractivity contribution in [1.82, 2.24) is 15.0 Å². The largest absolute Gasteiger partial charge is 0.487 e. The van der Waals surface area contributed by atoms with Crippen LogP contribution in [0.4, 0.5) is 5.69 Å². The first-order valence-corrected chi connectivity index (χ1v) is 13.7. The molecule has 0 aliphatic carbocycles. The molecule has 10 heteroatoms. The second kappa shape index (κ2) is 10.5. The van der Waals surface area contributed by atoms with Gasteiger partial charge in [0.2, 0.25) is 0 Å². The number of aromatic nitrogens is 3. The molecule has 3 aromatic carbocycles. The van der Waals surface area contributed by atoms with E-state index in [0.717, 1.165) is 5.41 Å². The van der Waals surface area contributed by atoms with E-state index in [1.54, 1.807) is 64.5 Å². The Kier molecular flexibility index (Phi) is 7.04. The standard InChI is InChI=1S/C26H21ClN4O3S2/c27-21-7-3-5-19(13-21)11-12-36(32,33)29-22-8-4-9-24(15-22)34-18-23-16-31(30-28-23)17-25-14-20-6-1-2-10-26(20)35-25/h1-16,29H,17-18H2. The maximum atomic E-state index is 12.5. The summed E-state index contributed by atoms with van der Waals surface area (Å²) in [6.07, 6.45) is 3.33. The van der Waals surface area contributed by atoms with Gasteiger partial charge in [-0.25, -0.2) is 13.1 Å². The Morgan fingerprint density at radius 3 is 2.75 bits per heavy atom. The fraction of sp³-hybridized carbons (Fsp3) is 0.0769. The van der Waals surface area contributed by atoms with Crippen molar-refractivity contribution in [3.8, 4) is 5.75 Å². The van der Waals surface area contributed by atoms with Crippen LogP contribution >= 0.6 is 22.9 Å². The molecule has 5 aromatic rings. The minimum atomic E-state index is -3.72. The van der Waals surface area contributed by atoms with Gasteiger partial charge in [-0.3, -0.25) is 4.72 Å². The zero-order valence-corrected chi connectivity index (χ0v) is 21.3. The molecule has 0 saturated heterocycles. The van der Waals surface area contributed by atoms with Crippen molar-refractivity contribution in [2.45, 2.75) is 13.2 Å². The molecule has 0 bridgehead atoms. The molecular weight excluding hydrogens is 516 g/mol. The number of rotatable bonds is 9. The minimum Gasteiger partial charge on any atom is -0.487 e. The van der Waals surface area contributed by atoms with Crippen LogP contribution in [0.5, 0.6) is 5.75 Å². The van der Waals surface area contributed by atoms with E-state index in [1.807, 2.05) is 18.3 Å². The van der Waals surface area contributed by atoms with Gasteiger partial charge in [-0.2, -0.15) is 0 Å². The fourth-order valence-electron chi connectivity index (χ4n) is 3.54. The van der Waals surface area contributed by atoms with Gasteiger partial charge in [-0.05, 0) is 53.4 Å². The topological polar surface area (TPSA) is 86.1 Å². The zero-order chi connectivity index (χ0) is 25.0. The van der Waals surface area contributed by atoms with Crippen LogP contribution in [0.3, 0.4) is 0 Å². The number of benzene rings is 3. The number of thiophene rings is 1. The van der Waals surface area contributed by atoms with Crippen LogP contribution < -0.4 is 9.46 Å². The summed E-state index contributed by atoms with van der Waals surface area (Å²) in [5.41, 5.74) is 1.74. The molecule has 5 rings (SSSR count). The Balaban J connectivity index is 1.18. The summed E-state index contributed by atoms with van der Waals surface area (Å²) in [5.74, 6) is 0.507. The quantitative estimate of drug-likeness (QED) is 0.243. The summed E-state index contributed by atoms with van der Waals surface area (Å²) in [4.78, 5) is 1.19. The van der Waals surface area contributed by atoms with Gasteiger partial charge in [-0.1, -0.05) is 53.2 Å². The Bertz CT molecular complexity index is 1610. The van der Waals surface area contributed by atoms with Crippen molar-refractivity contribution < 1.29 is 13.2 Å². The summed E-state index contributed by atoms with van der Waals surface area (Å²) in [7, 11) is -3.72. The molecule has 0 amide bonds. The number of sulfonamides is 1.